The molecule has 1 unspecified atom stereocenters. The minimum Gasteiger partial charge on any atom is -0.468 e. The van der Waals surface area contributed by atoms with E-state index in [9.17, 15) is 4.79 Å². The lowest BCUT2D eigenvalue weighted by Crippen LogP contribution is -2.42. The van der Waals surface area contributed by atoms with Gasteiger partial charge in [0.15, 0.2) is 0 Å². The molecule has 3 rings (SSSR count). The lowest BCUT2D eigenvalue weighted by Gasteiger charge is -2.37. The van der Waals surface area contributed by atoms with Crippen LogP contribution in [0.4, 0.5) is 0 Å². The molecule has 0 aliphatic rings. The Morgan fingerprint density at radius 3 is 2.12 bits per heavy atom. The number of hydrogen-bond donors (Lipinski definition) is 1. The molecular formula is C29H36BrNO2. The van der Waals surface area contributed by atoms with Crippen LogP contribution in [0.25, 0.3) is 11.1 Å². The van der Waals surface area contributed by atoms with E-state index in [1.54, 1.807) is 0 Å². The lowest BCUT2D eigenvalue weighted by atomic mass is 9.66. The van der Waals surface area contributed by atoms with E-state index in [1.807, 2.05) is 36.4 Å². The molecule has 0 bridgehead atoms. The normalized spacial score (nSPS) is 12.6. The highest BCUT2D eigenvalue weighted by atomic mass is 79.9. The second-order valence-electron chi connectivity index (χ2n) is 8.65. The van der Waals surface area contributed by atoms with Crippen molar-refractivity contribution in [2.24, 2.45) is 5.92 Å². The van der Waals surface area contributed by atoms with E-state index in [0.717, 1.165) is 49.0 Å². The number of carbonyl (C=O) groups excluding carboxylic acids is 1. The van der Waals surface area contributed by atoms with Gasteiger partial charge in [0, 0.05) is 6.54 Å². The molecule has 0 aliphatic carbocycles. The van der Waals surface area contributed by atoms with E-state index in [-0.39, 0.29) is 28.9 Å². The van der Waals surface area contributed by atoms with Gasteiger partial charge in [0.25, 0.3) is 0 Å². The number of esters is 1. The molecule has 3 aromatic carbocycles. The van der Waals surface area contributed by atoms with E-state index in [1.165, 1.54) is 12.7 Å². The van der Waals surface area contributed by atoms with Crippen LogP contribution in [-0.4, -0.2) is 19.6 Å². The maximum Gasteiger partial charge on any atom is 0.316 e. The number of hydrogen-bond acceptors (Lipinski definition) is 3. The molecular weight excluding hydrogens is 474 g/mol. The zero-order valence-electron chi connectivity index (χ0n) is 19.9. The van der Waals surface area contributed by atoms with Gasteiger partial charge in [-0.15, -0.1) is 17.0 Å². The SMILES string of the molecule is Br.COC(=O)C(CCCCNCc1ccccc1)(c1ccccc1-c1ccccc1)C(C)C. The average Bonchev–Trinajstić information content (AvgIpc) is 2.84. The maximum absolute atomic E-state index is 13.3. The minimum atomic E-state index is -0.680. The third-order valence-corrected chi connectivity index (χ3v) is 6.37. The van der Waals surface area contributed by atoms with Crippen molar-refractivity contribution in [1.82, 2.24) is 5.32 Å². The van der Waals surface area contributed by atoms with Crippen LogP contribution in [0.2, 0.25) is 0 Å². The van der Waals surface area contributed by atoms with Gasteiger partial charge < -0.3 is 10.1 Å². The van der Waals surface area contributed by atoms with Gasteiger partial charge in [-0.1, -0.05) is 105 Å². The highest BCUT2D eigenvalue weighted by Gasteiger charge is 2.45. The number of rotatable bonds is 11. The summed E-state index contributed by atoms with van der Waals surface area (Å²) in [5.74, 6) is -0.0368. The van der Waals surface area contributed by atoms with Gasteiger partial charge in [0.2, 0.25) is 0 Å². The third kappa shape index (κ3) is 6.55. The molecule has 0 amide bonds. The van der Waals surface area contributed by atoms with Crippen molar-refractivity contribution >= 4 is 23.0 Å². The molecule has 176 valence electrons. The van der Waals surface area contributed by atoms with E-state index >= 15 is 0 Å². The Labute approximate surface area is 209 Å². The van der Waals surface area contributed by atoms with Gasteiger partial charge >= 0.3 is 5.97 Å². The highest BCUT2D eigenvalue weighted by Crippen LogP contribution is 2.43. The summed E-state index contributed by atoms with van der Waals surface area (Å²) in [6.45, 7) is 6.05. The van der Waals surface area contributed by atoms with Crippen LogP contribution in [0.1, 0.15) is 44.2 Å². The molecule has 1 N–H and O–H groups in total. The molecule has 33 heavy (non-hydrogen) atoms. The molecule has 0 spiro atoms. The van der Waals surface area contributed by atoms with Crippen LogP contribution in [0.15, 0.2) is 84.9 Å². The highest BCUT2D eigenvalue weighted by molar-refractivity contribution is 8.93. The van der Waals surface area contributed by atoms with Crippen LogP contribution >= 0.6 is 17.0 Å². The van der Waals surface area contributed by atoms with Crippen molar-refractivity contribution in [2.75, 3.05) is 13.7 Å². The number of ether oxygens (including phenoxy) is 1. The first-order chi connectivity index (χ1) is 15.6. The maximum atomic E-state index is 13.3. The molecule has 0 saturated heterocycles. The minimum absolute atomic E-state index is 0. The predicted molar refractivity (Wildman–Crippen MR) is 143 cm³/mol. The summed E-state index contributed by atoms with van der Waals surface area (Å²) in [6, 6.07) is 29.0. The third-order valence-electron chi connectivity index (χ3n) is 6.37. The number of carbonyl (C=O) groups is 1. The largest absolute Gasteiger partial charge is 0.468 e. The molecule has 4 heteroatoms. The predicted octanol–water partition coefficient (Wildman–Crippen LogP) is 6.96. The number of unbranched alkanes of at least 4 members (excludes halogenated alkanes) is 1. The molecule has 0 aromatic heterocycles. The van der Waals surface area contributed by atoms with E-state index in [0.29, 0.717) is 0 Å². The van der Waals surface area contributed by atoms with Gasteiger partial charge in [0.05, 0.1) is 12.5 Å². The van der Waals surface area contributed by atoms with Gasteiger partial charge in [-0.05, 0) is 47.6 Å². The van der Waals surface area contributed by atoms with Crippen LogP contribution in [0, 0.1) is 5.92 Å². The van der Waals surface area contributed by atoms with Crippen molar-refractivity contribution in [3.05, 3.63) is 96.1 Å². The Bertz CT molecular complexity index is 975. The monoisotopic (exact) mass is 509 g/mol. The smallest absolute Gasteiger partial charge is 0.316 e. The fourth-order valence-corrected chi connectivity index (χ4v) is 4.59. The van der Waals surface area contributed by atoms with E-state index < -0.39 is 5.41 Å². The second kappa shape index (κ2) is 13.3. The molecule has 3 nitrogen and oxygen atoms in total. The summed E-state index contributed by atoms with van der Waals surface area (Å²) in [4.78, 5) is 13.3. The van der Waals surface area contributed by atoms with Gasteiger partial charge in [-0.2, -0.15) is 0 Å². The van der Waals surface area contributed by atoms with Crippen molar-refractivity contribution in [3.63, 3.8) is 0 Å². The number of nitrogens with one attached hydrogen (secondary N) is 1. The van der Waals surface area contributed by atoms with E-state index in [4.69, 9.17) is 4.74 Å². The van der Waals surface area contributed by atoms with Crippen molar-refractivity contribution in [1.29, 1.82) is 0 Å². The van der Waals surface area contributed by atoms with Crippen LogP contribution < -0.4 is 5.32 Å². The topological polar surface area (TPSA) is 38.3 Å². The first-order valence-corrected chi connectivity index (χ1v) is 11.6. The number of methoxy groups -OCH3 is 1. The summed E-state index contributed by atoms with van der Waals surface area (Å²) < 4.78 is 5.40. The number of benzene rings is 3. The van der Waals surface area contributed by atoms with Gasteiger partial charge in [0.1, 0.15) is 0 Å². The van der Waals surface area contributed by atoms with Gasteiger partial charge in [-0.3, -0.25) is 4.79 Å². The zero-order valence-corrected chi connectivity index (χ0v) is 21.6. The summed E-state index contributed by atoms with van der Waals surface area (Å²) in [5, 5.41) is 3.52. The molecule has 3 aromatic rings. The Morgan fingerprint density at radius 2 is 1.48 bits per heavy atom. The van der Waals surface area contributed by atoms with Crippen LogP contribution in [0.5, 0.6) is 0 Å². The summed E-state index contributed by atoms with van der Waals surface area (Å²) in [5.41, 5.74) is 3.90. The van der Waals surface area contributed by atoms with Crippen molar-refractivity contribution < 1.29 is 9.53 Å². The van der Waals surface area contributed by atoms with Crippen molar-refractivity contribution in [2.45, 2.75) is 45.1 Å². The average molecular weight is 511 g/mol. The first kappa shape index (κ1) is 26.8. The standard InChI is InChI=1S/C29H35NO2.BrH/c1-23(2)29(28(31)32-3,20-12-13-21-30-22-24-14-6-4-7-15-24)27-19-11-10-18-26(27)25-16-8-5-9-17-25;/h4-11,14-19,23,30H,12-13,20-22H2,1-3H3;1H. The zero-order chi connectivity index (χ0) is 22.8. The molecule has 0 fully saturated rings. The summed E-state index contributed by atoms with van der Waals surface area (Å²) in [6.07, 6.45) is 2.71. The van der Waals surface area contributed by atoms with Gasteiger partial charge in [-0.25, -0.2) is 0 Å². The van der Waals surface area contributed by atoms with Crippen LogP contribution in [0.3, 0.4) is 0 Å². The molecule has 0 aliphatic heterocycles. The van der Waals surface area contributed by atoms with E-state index in [2.05, 4.69) is 67.7 Å². The fraction of sp³-hybridized carbons (Fsp3) is 0.345. The lowest BCUT2D eigenvalue weighted by molar-refractivity contribution is -0.150. The number of halogens is 1. The molecule has 0 heterocycles. The Morgan fingerprint density at radius 1 is 0.879 bits per heavy atom. The summed E-state index contributed by atoms with van der Waals surface area (Å²) >= 11 is 0. The molecule has 0 radical (unpaired) electrons. The fourth-order valence-electron chi connectivity index (χ4n) is 4.59. The Kier molecular flexibility index (Phi) is 10.8. The Hall–Kier alpha value is -2.43. The molecule has 0 saturated carbocycles. The second-order valence-corrected chi connectivity index (χ2v) is 8.65. The first-order valence-electron chi connectivity index (χ1n) is 11.6. The Balaban J connectivity index is 0.00000385. The van der Waals surface area contributed by atoms with Crippen LogP contribution in [-0.2, 0) is 21.5 Å². The van der Waals surface area contributed by atoms with Crippen molar-refractivity contribution in [3.8, 4) is 11.1 Å². The molecule has 1 atom stereocenters. The quantitative estimate of drug-likeness (QED) is 0.224. The summed E-state index contributed by atoms with van der Waals surface area (Å²) in [7, 11) is 1.51.